The first-order chi connectivity index (χ1) is 9.82. The van der Waals surface area contributed by atoms with Gasteiger partial charge < -0.3 is 25.5 Å². The number of aliphatic carboxylic acids is 1. The van der Waals surface area contributed by atoms with Gasteiger partial charge in [0, 0.05) is 0 Å². The molecule has 7 N–H and O–H groups in total. The van der Waals surface area contributed by atoms with E-state index in [1.165, 1.54) is 0 Å². The van der Waals surface area contributed by atoms with Crippen molar-refractivity contribution < 1.29 is 46.9 Å². The molecule has 0 aliphatic rings. The van der Waals surface area contributed by atoms with Gasteiger partial charge in [-0.15, -0.1) is 5.48 Å². The van der Waals surface area contributed by atoms with Crippen LogP contribution >= 0.6 is 7.60 Å². The van der Waals surface area contributed by atoms with E-state index in [0.717, 1.165) is 0 Å². The van der Waals surface area contributed by atoms with E-state index in [1.54, 1.807) is 5.48 Å². The van der Waals surface area contributed by atoms with Crippen molar-refractivity contribution in [1.29, 1.82) is 0 Å². The lowest BCUT2D eigenvalue weighted by Gasteiger charge is -2.16. The van der Waals surface area contributed by atoms with Crippen molar-refractivity contribution in [3.63, 3.8) is 0 Å². The summed E-state index contributed by atoms with van der Waals surface area (Å²) in [7, 11) is -8.73. The Hall–Kier alpha value is -1.08. The van der Waals surface area contributed by atoms with Gasteiger partial charge in [-0.25, -0.2) is 4.79 Å². The van der Waals surface area contributed by atoms with Crippen molar-refractivity contribution in [2.45, 2.75) is 24.9 Å². The van der Waals surface area contributed by atoms with Crippen molar-refractivity contribution >= 4 is 29.7 Å². The van der Waals surface area contributed by atoms with Crippen molar-refractivity contribution in [3.8, 4) is 0 Å². The van der Waals surface area contributed by atoms with E-state index in [2.05, 4.69) is 4.84 Å². The van der Waals surface area contributed by atoms with Crippen molar-refractivity contribution in [2.75, 3.05) is 11.9 Å². The largest absolute Gasteiger partial charge is 0.480 e. The molecule has 0 aliphatic carbocycles. The molecule has 22 heavy (non-hydrogen) atoms. The molecule has 2 atom stereocenters. The van der Waals surface area contributed by atoms with Crippen LogP contribution in [0, 0.1) is 0 Å². The molecule has 0 spiro atoms. The summed E-state index contributed by atoms with van der Waals surface area (Å²) in [5.74, 6) is -3.50. The maximum Gasteiger partial charge on any atom is 0.341 e. The average molecular weight is 364 g/mol. The molecule has 2 unspecified atom stereocenters. The number of hydrogen-bond donors (Lipinski definition) is 6. The standard InChI is InChI=1S/C8H17N2O10PS/c9-5(2-4-22(17,18)19)8(13)20-10-6(7(11)12)1-3-21(14,15)16/h5-6,10H,1-4,9H2,(H,11,12)(H2,14,15,16)(H,17,18,19). The summed E-state index contributed by atoms with van der Waals surface area (Å²) in [5.41, 5.74) is 7.05. The molecular formula is C8H17N2O10PS. The summed E-state index contributed by atoms with van der Waals surface area (Å²) in [6.45, 7) is 0. The van der Waals surface area contributed by atoms with E-state index in [0.29, 0.717) is 0 Å². The lowest BCUT2D eigenvalue weighted by atomic mass is 10.2. The molecule has 0 rings (SSSR count). The fraction of sp³-hybridized carbons (Fsp3) is 0.750. The van der Waals surface area contributed by atoms with Crippen LogP contribution in [0.2, 0.25) is 0 Å². The lowest BCUT2D eigenvalue weighted by molar-refractivity contribution is -0.159. The van der Waals surface area contributed by atoms with Crippen LogP contribution in [0.25, 0.3) is 0 Å². The first-order valence-electron chi connectivity index (χ1n) is 5.76. The summed E-state index contributed by atoms with van der Waals surface area (Å²) in [4.78, 5) is 43.8. The minimum Gasteiger partial charge on any atom is -0.480 e. The van der Waals surface area contributed by atoms with Gasteiger partial charge in [-0.05, 0) is 12.8 Å². The third kappa shape index (κ3) is 10.6. The predicted octanol–water partition coefficient (Wildman–Crippen LogP) is -2.34. The molecule has 14 heteroatoms. The number of hydrogen-bond acceptors (Lipinski definition) is 8. The van der Waals surface area contributed by atoms with Crippen molar-refractivity contribution in [3.05, 3.63) is 0 Å². The van der Waals surface area contributed by atoms with Gasteiger partial charge in [0.25, 0.3) is 10.1 Å². The zero-order valence-corrected chi connectivity index (χ0v) is 12.9. The Balaban J connectivity index is 4.38. The monoisotopic (exact) mass is 364 g/mol. The van der Waals surface area contributed by atoms with E-state index in [4.69, 9.17) is 25.2 Å². The summed E-state index contributed by atoms with van der Waals surface area (Å²) in [5, 5.41) is 8.78. The molecule has 0 aromatic heterocycles. The first-order valence-corrected chi connectivity index (χ1v) is 9.17. The Bertz CT molecular complexity index is 543. The summed E-state index contributed by atoms with van der Waals surface area (Å²) >= 11 is 0. The quantitative estimate of drug-likeness (QED) is 0.137. The third-order valence-electron chi connectivity index (χ3n) is 2.30. The predicted molar refractivity (Wildman–Crippen MR) is 71.2 cm³/mol. The smallest absolute Gasteiger partial charge is 0.341 e. The highest BCUT2D eigenvalue weighted by molar-refractivity contribution is 7.85. The van der Waals surface area contributed by atoms with Gasteiger partial charge in [-0.2, -0.15) is 8.42 Å². The minimum absolute atomic E-state index is 0.459. The summed E-state index contributed by atoms with van der Waals surface area (Å²) < 4.78 is 40.1. The molecule has 12 nitrogen and oxygen atoms in total. The Morgan fingerprint density at radius 3 is 2.23 bits per heavy atom. The summed E-state index contributed by atoms with van der Waals surface area (Å²) in [6.07, 6.45) is -1.73. The normalized spacial score (nSPS) is 15.1. The number of nitrogens with one attached hydrogen (secondary N) is 1. The molecule has 0 fully saturated rings. The van der Waals surface area contributed by atoms with Crippen LogP contribution in [0.1, 0.15) is 12.8 Å². The van der Waals surface area contributed by atoms with Gasteiger partial charge in [-0.3, -0.25) is 13.9 Å². The Morgan fingerprint density at radius 1 is 1.27 bits per heavy atom. The molecule has 0 aliphatic heterocycles. The number of carbonyl (C=O) groups is 2. The van der Waals surface area contributed by atoms with Crippen molar-refractivity contribution in [1.82, 2.24) is 5.48 Å². The average Bonchev–Trinajstić information content (AvgIpc) is 2.32. The van der Waals surface area contributed by atoms with Gasteiger partial charge in [0.2, 0.25) is 0 Å². The maximum atomic E-state index is 11.4. The number of hydroxylamine groups is 1. The van der Waals surface area contributed by atoms with Crippen molar-refractivity contribution in [2.24, 2.45) is 5.73 Å². The molecule has 0 bridgehead atoms. The molecule has 0 aromatic rings. The van der Waals surface area contributed by atoms with E-state index in [1.807, 2.05) is 0 Å². The van der Waals surface area contributed by atoms with E-state index in [-0.39, 0.29) is 0 Å². The summed E-state index contributed by atoms with van der Waals surface area (Å²) in [6, 6.07) is -3.02. The van der Waals surface area contributed by atoms with Gasteiger partial charge in [0.15, 0.2) is 0 Å². The van der Waals surface area contributed by atoms with Crippen LogP contribution in [-0.4, -0.2) is 63.8 Å². The van der Waals surface area contributed by atoms with Crippen LogP contribution in [0.5, 0.6) is 0 Å². The number of rotatable bonds is 10. The molecule has 0 radical (unpaired) electrons. The molecule has 130 valence electrons. The second-order valence-corrected chi connectivity index (χ2v) is 7.64. The fourth-order valence-electron chi connectivity index (χ4n) is 1.13. The van der Waals surface area contributed by atoms with Crippen LogP contribution in [0.3, 0.4) is 0 Å². The lowest BCUT2D eigenvalue weighted by Crippen LogP contribution is -2.43. The number of carbonyl (C=O) groups excluding carboxylic acids is 1. The molecule has 0 saturated carbocycles. The minimum atomic E-state index is -4.42. The maximum absolute atomic E-state index is 11.4. The SMILES string of the molecule is NC(CCS(=O)(=O)O)C(=O)ONC(CCP(=O)(O)O)C(=O)O. The molecule has 0 aromatic carbocycles. The molecule has 0 amide bonds. The van der Waals surface area contributed by atoms with E-state index >= 15 is 0 Å². The topological polar surface area (TPSA) is 214 Å². The van der Waals surface area contributed by atoms with Crippen LogP contribution in [0.15, 0.2) is 0 Å². The Morgan fingerprint density at radius 2 is 1.82 bits per heavy atom. The zero-order valence-electron chi connectivity index (χ0n) is 11.2. The Kier molecular flexibility index (Phi) is 8.11. The molecule has 0 heterocycles. The Labute approximate surface area is 125 Å². The second kappa shape index (κ2) is 8.53. The van der Waals surface area contributed by atoms with Gasteiger partial charge in [-0.1, -0.05) is 0 Å². The van der Waals surface area contributed by atoms with Gasteiger partial charge in [0.1, 0.15) is 12.1 Å². The number of carboxylic acid groups (broad SMARTS) is 1. The highest BCUT2D eigenvalue weighted by Gasteiger charge is 2.25. The van der Waals surface area contributed by atoms with Gasteiger partial charge in [0.05, 0.1) is 11.9 Å². The van der Waals surface area contributed by atoms with E-state index < -0.39 is 66.5 Å². The third-order valence-corrected chi connectivity index (χ3v) is 3.89. The van der Waals surface area contributed by atoms with E-state index in [9.17, 15) is 22.6 Å². The highest BCUT2D eigenvalue weighted by atomic mass is 32.2. The molecular weight excluding hydrogens is 347 g/mol. The van der Waals surface area contributed by atoms with Crippen LogP contribution < -0.4 is 11.2 Å². The van der Waals surface area contributed by atoms with Crippen LogP contribution in [-0.2, 0) is 29.1 Å². The van der Waals surface area contributed by atoms with Gasteiger partial charge >= 0.3 is 19.5 Å². The first kappa shape index (κ1) is 20.9. The second-order valence-electron chi connectivity index (χ2n) is 4.29. The van der Waals surface area contributed by atoms with Crippen LogP contribution in [0.4, 0.5) is 0 Å². The number of carboxylic acids is 1. The number of nitrogens with two attached hydrogens (primary N) is 1. The zero-order chi connectivity index (χ0) is 17.6. The fourth-order valence-corrected chi connectivity index (χ4v) is 2.28. The molecule has 0 saturated heterocycles. The highest BCUT2D eigenvalue weighted by Crippen LogP contribution is 2.35.